The molecule has 102 valence electrons. The molecule has 0 radical (unpaired) electrons. The summed E-state index contributed by atoms with van der Waals surface area (Å²) in [7, 11) is 0. The van der Waals surface area contributed by atoms with Crippen LogP contribution in [0.15, 0.2) is 5.57 Å². The van der Waals surface area contributed by atoms with Crippen LogP contribution >= 0.6 is 0 Å². The molecule has 0 heterocycles. The van der Waals surface area contributed by atoms with Gasteiger partial charge in [0, 0.05) is 0 Å². The molecule has 3 rings (SSSR count). The van der Waals surface area contributed by atoms with Crippen molar-refractivity contribution in [2.75, 3.05) is 0 Å². The van der Waals surface area contributed by atoms with Crippen LogP contribution < -0.4 is 0 Å². The highest BCUT2D eigenvalue weighted by Crippen LogP contribution is 2.63. The molecule has 0 saturated carbocycles. The van der Waals surface area contributed by atoms with Crippen molar-refractivity contribution in [1.82, 2.24) is 0 Å². The van der Waals surface area contributed by atoms with Gasteiger partial charge in [-0.2, -0.15) is 0 Å². The van der Waals surface area contributed by atoms with E-state index >= 15 is 0 Å². The van der Waals surface area contributed by atoms with Crippen LogP contribution in [-0.4, -0.2) is 0 Å². The zero-order valence-electron chi connectivity index (χ0n) is 13.7. The first-order valence-electron chi connectivity index (χ1n) is 7.46. The summed E-state index contributed by atoms with van der Waals surface area (Å²) in [5.41, 5.74) is 13.1. The maximum atomic E-state index is 2.44. The first-order chi connectivity index (χ1) is 8.62. The molecule has 1 aromatic carbocycles. The van der Waals surface area contributed by atoms with Gasteiger partial charge in [-0.05, 0) is 83.9 Å². The quantitative estimate of drug-likeness (QED) is 0.592. The largest absolute Gasteiger partial charge is 0.0645 e. The van der Waals surface area contributed by atoms with Crippen molar-refractivity contribution < 1.29 is 0 Å². The molecule has 0 amide bonds. The van der Waals surface area contributed by atoms with Crippen molar-refractivity contribution in [3.05, 3.63) is 39.0 Å². The lowest BCUT2D eigenvalue weighted by atomic mass is 9.65. The second kappa shape index (κ2) is 3.34. The van der Waals surface area contributed by atoms with Gasteiger partial charge in [0.25, 0.3) is 0 Å². The van der Waals surface area contributed by atoms with E-state index in [1.807, 2.05) is 0 Å². The first-order valence-corrected chi connectivity index (χ1v) is 7.46. The summed E-state index contributed by atoms with van der Waals surface area (Å²) in [6.45, 7) is 19.0. The van der Waals surface area contributed by atoms with E-state index in [0.717, 1.165) is 0 Å². The molecule has 0 unspecified atom stereocenters. The second-order valence-electron chi connectivity index (χ2n) is 7.69. The van der Waals surface area contributed by atoms with E-state index in [1.165, 1.54) is 23.1 Å². The minimum absolute atomic E-state index is 0.233. The van der Waals surface area contributed by atoms with Crippen LogP contribution in [0.2, 0.25) is 0 Å². The molecule has 0 aromatic heterocycles. The van der Waals surface area contributed by atoms with Crippen LogP contribution in [0.1, 0.15) is 68.0 Å². The molecule has 0 spiro atoms. The lowest BCUT2D eigenvalue weighted by molar-refractivity contribution is 0.297. The van der Waals surface area contributed by atoms with Crippen LogP contribution in [0.3, 0.4) is 0 Å². The highest BCUT2D eigenvalue weighted by atomic mass is 14.6. The van der Waals surface area contributed by atoms with Gasteiger partial charge < -0.3 is 0 Å². The molecule has 0 atom stereocenters. The lowest BCUT2D eigenvalue weighted by Crippen LogP contribution is -2.33. The van der Waals surface area contributed by atoms with E-state index in [4.69, 9.17) is 0 Å². The molecule has 0 fully saturated rings. The van der Waals surface area contributed by atoms with Crippen molar-refractivity contribution in [2.45, 2.75) is 67.2 Å². The van der Waals surface area contributed by atoms with Gasteiger partial charge in [0.1, 0.15) is 0 Å². The van der Waals surface area contributed by atoms with Crippen molar-refractivity contribution in [2.24, 2.45) is 5.41 Å². The Morgan fingerprint density at radius 1 is 0.737 bits per heavy atom. The maximum Gasteiger partial charge on any atom is -0.000298 e. The van der Waals surface area contributed by atoms with Crippen molar-refractivity contribution in [3.8, 4) is 0 Å². The molecule has 1 aromatic rings. The molecule has 19 heavy (non-hydrogen) atoms. The Bertz CT molecular complexity index is 637. The number of hydrogen-bond acceptors (Lipinski definition) is 0. The first kappa shape index (κ1) is 13.0. The molecule has 2 aliphatic carbocycles. The van der Waals surface area contributed by atoms with Gasteiger partial charge in [-0.25, -0.2) is 0 Å². The van der Waals surface area contributed by atoms with Crippen LogP contribution in [0, 0.1) is 26.2 Å². The fraction of sp³-hybridized carbons (Fsp3) is 0.579. The summed E-state index contributed by atoms with van der Waals surface area (Å²) >= 11 is 0. The molecule has 0 nitrogen and oxygen atoms in total. The predicted octanol–water partition coefficient (Wildman–Crippen LogP) is 5.26. The second-order valence-corrected chi connectivity index (χ2v) is 7.69. The smallest absolute Gasteiger partial charge is 0.000298 e. The summed E-state index contributed by atoms with van der Waals surface area (Å²) in [5, 5.41) is 0. The third-order valence-corrected chi connectivity index (χ3v) is 6.44. The van der Waals surface area contributed by atoms with E-state index in [2.05, 4.69) is 55.4 Å². The number of benzene rings is 1. The number of rotatable bonds is 0. The normalized spacial score (nSPS) is 22.1. The van der Waals surface area contributed by atoms with Crippen molar-refractivity contribution in [1.29, 1.82) is 0 Å². The summed E-state index contributed by atoms with van der Waals surface area (Å²) in [6.07, 6.45) is 1.17. The van der Waals surface area contributed by atoms with Gasteiger partial charge in [0.05, 0.1) is 0 Å². The van der Waals surface area contributed by atoms with Crippen LogP contribution in [0.5, 0.6) is 0 Å². The third-order valence-electron chi connectivity index (χ3n) is 6.44. The lowest BCUT2D eigenvalue weighted by Gasteiger charge is -2.38. The molecule has 0 bridgehead atoms. The Balaban J connectivity index is 2.53. The van der Waals surface area contributed by atoms with Gasteiger partial charge in [0.15, 0.2) is 0 Å². The number of allylic oxidation sites excluding steroid dienone is 2. The van der Waals surface area contributed by atoms with Gasteiger partial charge in [0.2, 0.25) is 0 Å². The highest BCUT2D eigenvalue weighted by molar-refractivity contribution is 5.89. The van der Waals surface area contributed by atoms with E-state index in [9.17, 15) is 0 Å². The van der Waals surface area contributed by atoms with Crippen LogP contribution in [0.25, 0.3) is 5.57 Å². The summed E-state index contributed by atoms with van der Waals surface area (Å²) < 4.78 is 0. The minimum atomic E-state index is 0.233. The Kier molecular flexibility index (Phi) is 2.28. The predicted molar refractivity (Wildman–Crippen MR) is 83.8 cm³/mol. The van der Waals surface area contributed by atoms with Crippen LogP contribution in [-0.2, 0) is 11.8 Å². The Labute approximate surface area is 117 Å². The molecule has 0 aliphatic heterocycles. The third kappa shape index (κ3) is 1.21. The van der Waals surface area contributed by atoms with E-state index in [1.54, 1.807) is 27.8 Å². The zero-order valence-corrected chi connectivity index (χ0v) is 13.7. The van der Waals surface area contributed by atoms with E-state index < -0.39 is 0 Å². The Morgan fingerprint density at radius 3 is 1.89 bits per heavy atom. The summed E-state index contributed by atoms with van der Waals surface area (Å²) in [6, 6.07) is 0. The highest BCUT2D eigenvalue weighted by Gasteiger charge is 2.53. The average molecular weight is 254 g/mol. The van der Waals surface area contributed by atoms with Crippen LogP contribution in [0.4, 0.5) is 0 Å². The summed E-state index contributed by atoms with van der Waals surface area (Å²) in [4.78, 5) is 0. The monoisotopic (exact) mass is 254 g/mol. The minimum Gasteiger partial charge on any atom is -0.0645 e. The topological polar surface area (TPSA) is 0 Å². The fourth-order valence-corrected chi connectivity index (χ4v) is 4.54. The molecule has 0 N–H and O–H groups in total. The molecule has 0 heteroatoms. The average Bonchev–Trinajstić information content (AvgIpc) is 2.70. The maximum absolute atomic E-state index is 2.44. The molecular formula is C19H26. The zero-order chi connectivity index (χ0) is 14.3. The molecule has 2 aliphatic rings. The van der Waals surface area contributed by atoms with Gasteiger partial charge >= 0.3 is 0 Å². The SMILES string of the molecule is CC1=C2c3c(c(C)c(C)c(C)c3C(C)(C)C2(C)C)C1. The van der Waals surface area contributed by atoms with Gasteiger partial charge in [-0.1, -0.05) is 33.3 Å². The van der Waals surface area contributed by atoms with E-state index in [0.29, 0.717) is 0 Å². The van der Waals surface area contributed by atoms with E-state index in [-0.39, 0.29) is 10.8 Å². The van der Waals surface area contributed by atoms with Gasteiger partial charge in [-0.15, -0.1) is 0 Å². The summed E-state index contributed by atoms with van der Waals surface area (Å²) in [5.74, 6) is 0. The number of hydrogen-bond donors (Lipinski definition) is 0. The molecular weight excluding hydrogens is 228 g/mol. The van der Waals surface area contributed by atoms with Gasteiger partial charge in [-0.3, -0.25) is 0 Å². The fourth-order valence-electron chi connectivity index (χ4n) is 4.54. The Hall–Kier alpha value is -1.04. The molecule has 0 saturated heterocycles. The van der Waals surface area contributed by atoms with Crippen molar-refractivity contribution in [3.63, 3.8) is 0 Å². The van der Waals surface area contributed by atoms with Crippen molar-refractivity contribution >= 4 is 5.57 Å². The Morgan fingerprint density at radius 2 is 1.32 bits per heavy atom. The standard InChI is InChI=1S/C19H26/c1-10-9-14-12(3)11(2)13(4)17-15(14)16(10)18(5,6)19(17,7)8/h9H2,1-8H3.